The Kier molecular flexibility index (Phi) is 4.36. The first kappa shape index (κ1) is 18.2. The molecule has 1 atom stereocenters. The van der Waals surface area contributed by atoms with Crippen LogP contribution < -0.4 is 4.90 Å². The van der Waals surface area contributed by atoms with E-state index in [4.69, 9.17) is 16.6 Å². The molecular formula is C22H24ClN3O. The Morgan fingerprint density at radius 2 is 1.93 bits per heavy atom. The first-order valence-electron chi connectivity index (χ1n) is 9.30. The number of benzene rings is 1. The van der Waals surface area contributed by atoms with E-state index in [1.54, 1.807) is 20.0 Å². The molecule has 0 saturated carbocycles. The minimum absolute atomic E-state index is 0.214. The van der Waals surface area contributed by atoms with Crippen molar-refractivity contribution >= 4 is 23.1 Å². The summed E-state index contributed by atoms with van der Waals surface area (Å²) in [5.41, 5.74) is 5.26. The number of fused-ring (bicyclic) bond motifs is 3. The number of amidine groups is 1. The molecule has 0 aliphatic carbocycles. The third kappa shape index (κ3) is 3.28. The van der Waals surface area contributed by atoms with Crippen LogP contribution in [0.25, 0.3) is 11.1 Å². The van der Waals surface area contributed by atoms with Gasteiger partial charge in [0.2, 0.25) is 0 Å². The molecule has 0 amide bonds. The van der Waals surface area contributed by atoms with Crippen molar-refractivity contribution in [3.05, 3.63) is 58.5 Å². The predicted octanol–water partition coefficient (Wildman–Crippen LogP) is 5.09. The standard InChI is InChI=1S/C22H24ClN3O/c1-13-7-14(2)26-20(25-13)6-5-15-8-16(10-19(23)21(15)26)17-9-18(12-24-11-17)22(3,4)27/h7-13,27H,5-6H2,1-4H3. The molecule has 0 bridgehead atoms. The van der Waals surface area contributed by atoms with Gasteiger partial charge < -0.3 is 10.0 Å². The van der Waals surface area contributed by atoms with Crippen LogP contribution in [-0.4, -0.2) is 22.0 Å². The van der Waals surface area contributed by atoms with Gasteiger partial charge in [-0.2, -0.15) is 0 Å². The van der Waals surface area contributed by atoms with Crippen LogP contribution >= 0.6 is 11.6 Å². The second-order valence-corrected chi connectivity index (χ2v) is 8.32. The van der Waals surface area contributed by atoms with Crippen LogP contribution in [0.1, 0.15) is 45.2 Å². The fourth-order valence-electron chi connectivity index (χ4n) is 3.88. The number of aliphatic imine (C=N–C) groups is 1. The summed E-state index contributed by atoms with van der Waals surface area (Å²) < 4.78 is 0. The number of rotatable bonds is 2. The van der Waals surface area contributed by atoms with Gasteiger partial charge in [0.05, 0.1) is 22.4 Å². The maximum absolute atomic E-state index is 10.3. The number of anilines is 1. The number of nitrogens with zero attached hydrogens (tertiary/aromatic N) is 3. The number of aliphatic hydroxyl groups is 1. The smallest absolute Gasteiger partial charge is 0.109 e. The molecule has 4 nitrogen and oxygen atoms in total. The van der Waals surface area contributed by atoms with E-state index in [1.807, 2.05) is 18.3 Å². The van der Waals surface area contributed by atoms with Gasteiger partial charge in [-0.3, -0.25) is 9.98 Å². The number of hydrogen-bond acceptors (Lipinski definition) is 4. The minimum atomic E-state index is -0.932. The van der Waals surface area contributed by atoms with Crippen LogP contribution in [0.5, 0.6) is 0 Å². The third-order valence-electron chi connectivity index (χ3n) is 5.21. The summed E-state index contributed by atoms with van der Waals surface area (Å²) in [7, 11) is 0. The largest absolute Gasteiger partial charge is 0.386 e. The summed E-state index contributed by atoms with van der Waals surface area (Å²) in [5.74, 6) is 1.09. The van der Waals surface area contributed by atoms with Gasteiger partial charge in [0, 0.05) is 35.6 Å². The quantitative estimate of drug-likeness (QED) is 0.788. The van der Waals surface area contributed by atoms with Gasteiger partial charge in [-0.1, -0.05) is 11.6 Å². The lowest BCUT2D eigenvalue weighted by molar-refractivity contribution is 0.0783. The molecule has 0 fully saturated rings. The van der Waals surface area contributed by atoms with Crippen LogP contribution in [0.15, 0.2) is 47.4 Å². The van der Waals surface area contributed by atoms with E-state index < -0.39 is 5.60 Å². The van der Waals surface area contributed by atoms with Crippen LogP contribution in [0.4, 0.5) is 5.69 Å². The molecule has 27 heavy (non-hydrogen) atoms. The van der Waals surface area contributed by atoms with Gasteiger partial charge in [-0.25, -0.2) is 0 Å². The normalized spacial score (nSPS) is 19.2. The highest BCUT2D eigenvalue weighted by Crippen LogP contribution is 2.41. The Hall–Kier alpha value is -2.17. The minimum Gasteiger partial charge on any atom is -0.386 e. The van der Waals surface area contributed by atoms with Crippen molar-refractivity contribution in [1.82, 2.24) is 4.98 Å². The Bertz CT molecular complexity index is 972. The van der Waals surface area contributed by atoms with Gasteiger partial charge in [-0.15, -0.1) is 0 Å². The van der Waals surface area contributed by atoms with Crippen LogP contribution in [0.2, 0.25) is 5.02 Å². The van der Waals surface area contributed by atoms with Gasteiger partial charge in [0.1, 0.15) is 5.84 Å². The van der Waals surface area contributed by atoms with Crippen LogP contribution in [0.3, 0.4) is 0 Å². The van der Waals surface area contributed by atoms with E-state index in [0.717, 1.165) is 41.1 Å². The Labute approximate surface area is 165 Å². The van der Waals surface area contributed by atoms with Gasteiger partial charge in [0.25, 0.3) is 0 Å². The lowest BCUT2D eigenvalue weighted by atomic mass is 9.93. The molecule has 1 aromatic heterocycles. The lowest BCUT2D eigenvalue weighted by Crippen LogP contribution is -2.37. The number of aromatic nitrogens is 1. The molecule has 140 valence electrons. The Balaban J connectivity index is 1.80. The number of pyridine rings is 1. The summed E-state index contributed by atoms with van der Waals surface area (Å²) >= 11 is 6.75. The molecule has 1 N–H and O–H groups in total. The van der Waals surface area contributed by atoms with Crippen molar-refractivity contribution in [3.8, 4) is 11.1 Å². The van der Waals surface area contributed by atoms with E-state index >= 15 is 0 Å². The predicted molar refractivity (Wildman–Crippen MR) is 111 cm³/mol. The summed E-state index contributed by atoms with van der Waals surface area (Å²) in [6.45, 7) is 7.75. The zero-order valence-electron chi connectivity index (χ0n) is 16.1. The van der Waals surface area contributed by atoms with Crippen molar-refractivity contribution in [1.29, 1.82) is 0 Å². The molecule has 5 heteroatoms. The summed E-state index contributed by atoms with van der Waals surface area (Å²) in [6, 6.07) is 6.37. The average Bonchev–Trinajstić information content (AvgIpc) is 2.60. The molecule has 3 heterocycles. The van der Waals surface area contributed by atoms with E-state index in [0.29, 0.717) is 5.02 Å². The molecule has 2 aliphatic heterocycles. The van der Waals surface area contributed by atoms with Gasteiger partial charge >= 0.3 is 0 Å². The van der Waals surface area contributed by atoms with Crippen molar-refractivity contribution < 1.29 is 5.11 Å². The highest BCUT2D eigenvalue weighted by molar-refractivity contribution is 6.35. The zero-order chi connectivity index (χ0) is 19.3. The van der Waals surface area contributed by atoms with E-state index in [9.17, 15) is 5.11 Å². The number of hydrogen-bond donors (Lipinski definition) is 1. The highest BCUT2D eigenvalue weighted by Gasteiger charge is 2.29. The molecule has 0 radical (unpaired) electrons. The second kappa shape index (κ2) is 6.47. The monoisotopic (exact) mass is 381 g/mol. The summed E-state index contributed by atoms with van der Waals surface area (Å²) in [4.78, 5) is 11.3. The first-order valence-corrected chi connectivity index (χ1v) is 9.68. The van der Waals surface area contributed by atoms with Crippen molar-refractivity contribution in [3.63, 3.8) is 0 Å². The van der Waals surface area contributed by atoms with E-state index in [1.165, 1.54) is 11.3 Å². The Morgan fingerprint density at radius 3 is 2.67 bits per heavy atom. The molecule has 4 rings (SSSR count). The van der Waals surface area contributed by atoms with E-state index in [-0.39, 0.29) is 6.04 Å². The fourth-order valence-corrected chi connectivity index (χ4v) is 4.20. The maximum atomic E-state index is 10.3. The fraction of sp³-hybridized carbons (Fsp3) is 0.364. The molecule has 0 spiro atoms. The topological polar surface area (TPSA) is 48.7 Å². The van der Waals surface area contributed by atoms with Crippen LogP contribution in [-0.2, 0) is 12.0 Å². The Morgan fingerprint density at radius 1 is 1.15 bits per heavy atom. The van der Waals surface area contributed by atoms with Crippen molar-refractivity contribution in [2.24, 2.45) is 4.99 Å². The SMILES string of the molecule is CC1=CC(C)N=C2CCc3cc(-c4cncc(C(C)(C)O)c4)cc(Cl)c3N12. The molecule has 2 aliphatic rings. The van der Waals surface area contributed by atoms with Gasteiger partial charge in [0.15, 0.2) is 0 Å². The number of halogens is 1. The molecular weight excluding hydrogens is 358 g/mol. The first-order chi connectivity index (χ1) is 12.7. The summed E-state index contributed by atoms with van der Waals surface area (Å²) in [6.07, 6.45) is 7.51. The number of allylic oxidation sites excluding steroid dienone is 1. The second-order valence-electron chi connectivity index (χ2n) is 7.92. The lowest BCUT2D eigenvalue weighted by Gasteiger charge is -2.37. The van der Waals surface area contributed by atoms with Crippen molar-refractivity contribution in [2.45, 2.75) is 52.2 Å². The van der Waals surface area contributed by atoms with E-state index in [2.05, 4.69) is 35.9 Å². The number of aryl methyl sites for hydroxylation is 1. The zero-order valence-corrected chi connectivity index (χ0v) is 16.9. The highest BCUT2D eigenvalue weighted by atomic mass is 35.5. The third-order valence-corrected chi connectivity index (χ3v) is 5.50. The van der Waals surface area contributed by atoms with Crippen LogP contribution in [0, 0.1) is 0 Å². The molecule has 0 saturated heterocycles. The summed E-state index contributed by atoms with van der Waals surface area (Å²) in [5, 5.41) is 11.0. The average molecular weight is 382 g/mol. The molecule has 2 aromatic rings. The maximum Gasteiger partial charge on any atom is 0.109 e. The van der Waals surface area contributed by atoms with Crippen molar-refractivity contribution in [2.75, 3.05) is 4.90 Å². The van der Waals surface area contributed by atoms with Gasteiger partial charge in [-0.05, 0) is 69.5 Å². The molecule has 1 aromatic carbocycles. The molecule has 1 unspecified atom stereocenters.